The summed E-state index contributed by atoms with van der Waals surface area (Å²) in [5, 5.41) is 5.75. The van der Waals surface area contributed by atoms with Crippen LogP contribution in [0.15, 0.2) is 29.8 Å². The van der Waals surface area contributed by atoms with E-state index in [-0.39, 0.29) is 5.54 Å². The number of hydrogen-bond acceptors (Lipinski definition) is 3. The number of fused-ring (bicyclic) bond motifs is 1. The first-order valence-corrected chi connectivity index (χ1v) is 8.04. The fourth-order valence-electron chi connectivity index (χ4n) is 2.40. The van der Waals surface area contributed by atoms with Crippen LogP contribution in [0.25, 0.3) is 16.2 Å². The highest BCUT2D eigenvalue weighted by atomic mass is 32.1. The Morgan fingerprint density at radius 1 is 1.14 bits per heavy atom. The number of pyridine rings is 1. The highest BCUT2D eigenvalue weighted by Gasteiger charge is 2.20. The van der Waals surface area contributed by atoms with Gasteiger partial charge in [0.1, 0.15) is 17.2 Å². The van der Waals surface area contributed by atoms with Gasteiger partial charge in [0, 0.05) is 11.7 Å². The second kappa shape index (κ2) is 4.88. The Bertz CT molecular complexity index is 790. The molecule has 0 saturated heterocycles. The van der Waals surface area contributed by atoms with Gasteiger partial charge in [-0.1, -0.05) is 6.07 Å². The molecule has 0 aliphatic rings. The number of rotatable bonds is 2. The lowest BCUT2D eigenvalue weighted by molar-refractivity contribution is 0.629. The zero-order valence-corrected chi connectivity index (χ0v) is 14.0. The highest BCUT2D eigenvalue weighted by Crippen LogP contribution is 2.36. The molecule has 0 amide bonds. The number of imidazole rings is 1. The molecule has 0 atom stereocenters. The largest absolute Gasteiger partial charge is 0.365 e. The molecular formula is C17H21N3S. The molecule has 0 bridgehead atoms. The lowest BCUT2D eigenvalue weighted by Crippen LogP contribution is -2.27. The maximum Gasteiger partial charge on any atom is 0.140 e. The highest BCUT2D eigenvalue weighted by molar-refractivity contribution is 7.13. The van der Waals surface area contributed by atoms with Gasteiger partial charge < -0.3 is 5.32 Å². The van der Waals surface area contributed by atoms with Crippen LogP contribution in [0, 0.1) is 13.8 Å². The van der Waals surface area contributed by atoms with Gasteiger partial charge in [-0.2, -0.15) is 0 Å². The molecule has 3 aromatic rings. The summed E-state index contributed by atoms with van der Waals surface area (Å²) in [5.41, 5.74) is 4.51. The predicted molar refractivity (Wildman–Crippen MR) is 91.4 cm³/mol. The monoisotopic (exact) mass is 299 g/mol. The van der Waals surface area contributed by atoms with Gasteiger partial charge in [0.05, 0.1) is 4.88 Å². The zero-order chi connectivity index (χ0) is 15.2. The molecule has 0 aromatic carbocycles. The van der Waals surface area contributed by atoms with E-state index in [1.165, 1.54) is 16.0 Å². The van der Waals surface area contributed by atoms with E-state index in [1.54, 1.807) is 11.3 Å². The van der Waals surface area contributed by atoms with Crippen LogP contribution in [0.2, 0.25) is 0 Å². The Balaban J connectivity index is 2.28. The van der Waals surface area contributed by atoms with Gasteiger partial charge in [0.2, 0.25) is 0 Å². The number of nitrogens with one attached hydrogen (secondary N) is 1. The fraction of sp³-hybridized carbons (Fsp3) is 0.353. The lowest BCUT2D eigenvalue weighted by Gasteiger charge is -2.22. The molecule has 0 saturated carbocycles. The third kappa shape index (κ3) is 2.68. The van der Waals surface area contributed by atoms with E-state index < -0.39 is 0 Å². The fourth-order valence-corrected chi connectivity index (χ4v) is 3.32. The number of nitrogens with zero attached hydrogens (tertiary/aromatic N) is 2. The van der Waals surface area contributed by atoms with Crippen molar-refractivity contribution in [1.29, 1.82) is 0 Å². The van der Waals surface area contributed by atoms with E-state index in [2.05, 4.69) is 74.1 Å². The summed E-state index contributed by atoms with van der Waals surface area (Å²) >= 11 is 1.75. The summed E-state index contributed by atoms with van der Waals surface area (Å²) in [6.07, 6.45) is 2.14. The van der Waals surface area contributed by atoms with Crippen LogP contribution < -0.4 is 5.32 Å². The standard InChI is InChI=1S/C17H21N3S/c1-11-6-7-13-18-14(15-12(2)8-9-21-15)16(20(13)10-11)19-17(3,4)5/h6-10,19H,1-5H3. The Morgan fingerprint density at radius 2 is 1.90 bits per heavy atom. The molecule has 110 valence electrons. The third-order valence-electron chi connectivity index (χ3n) is 3.34. The minimum atomic E-state index is -0.0143. The molecule has 0 aliphatic heterocycles. The minimum Gasteiger partial charge on any atom is -0.365 e. The summed E-state index contributed by atoms with van der Waals surface area (Å²) in [7, 11) is 0. The molecule has 3 heterocycles. The van der Waals surface area contributed by atoms with Crippen molar-refractivity contribution in [3.63, 3.8) is 0 Å². The average molecular weight is 299 g/mol. The lowest BCUT2D eigenvalue weighted by atomic mass is 10.1. The molecule has 3 aromatic heterocycles. The molecule has 0 fully saturated rings. The van der Waals surface area contributed by atoms with Crippen LogP contribution >= 0.6 is 11.3 Å². The zero-order valence-electron chi connectivity index (χ0n) is 13.2. The summed E-state index contributed by atoms with van der Waals surface area (Å²) in [5.74, 6) is 1.08. The van der Waals surface area contributed by atoms with Crippen molar-refractivity contribution in [1.82, 2.24) is 9.38 Å². The number of aryl methyl sites for hydroxylation is 2. The van der Waals surface area contributed by atoms with Crippen molar-refractivity contribution in [2.45, 2.75) is 40.2 Å². The third-order valence-corrected chi connectivity index (χ3v) is 4.36. The minimum absolute atomic E-state index is 0.0143. The molecule has 1 N–H and O–H groups in total. The average Bonchev–Trinajstić information content (AvgIpc) is 2.92. The van der Waals surface area contributed by atoms with Gasteiger partial charge in [0.15, 0.2) is 0 Å². The second-order valence-electron chi connectivity index (χ2n) is 6.55. The van der Waals surface area contributed by atoms with Gasteiger partial charge in [-0.15, -0.1) is 11.3 Å². The van der Waals surface area contributed by atoms with Crippen LogP contribution in [0.4, 0.5) is 5.82 Å². The Labute approximate surface area is 129 Å². The van der Waals surface area contributed by atoms with Crippen LogP contribution in [-0.2, 0) is 0 Å². The Hall–Kier alpha value is -1.81. The van der Waals surface area contributed by atoms with Crippen molar-refractivity contribution >= 4 is 22.8 Å². The topological polar surface area (TPSA) is 29.3 Å². The number of hydrogen-bond donors (Lipinski definition) is 1. The SMILES string of the molecule is Cc1ccc2nc(-c3sccc3C)c(NC(C)(C)C)n2c1. The van der Waals surface area contributed by atoms with Crippen LogP contribution in [0.1, 0.15) is 31.9 Å². The summed E-state index contributed by atoms with van der Waals surface area (Å²) in [6, 6.07) is 6.33. The Morgan fingerprint density at radius 3 is 2.52 bits per heavy atom. The molecule has 0 aliphatic carbocycles. The van der Waals surface area contributed by atoms with Crippen LogP contribution in [-0.4, -0.2) is 14.9 Å². The molecule has 3 nitrogen and oxygen atoms in total. The van der Waals surface area contributed by atoms with E-state index in [9.17, 15) is 0 Å². The molecule has 0 radical (unpaired) electrons. The van der Waals surface area contributed by atoms with Crippen LogP contribution in [0.3, 0.4) is 0 Å². The van der Waals surface area contributed by atoms with Crippen molar-refractivity contribution in [2.75, 3.05) is 5.32 Å². The summed E-state index contributed by atoms with van der Waals surface area (Å²) < 4.78 is 2.16. The van der Waals surface area contributed by atoms with Gasteiger partial charge >= 0.3 is 0 Å². The maximum absolute atomic E-state index is 4.85. The van der Waals surface area contributed by atoms with E-state index >= 15 is 0 Å². The first-order chi connectivity index (χ1) is 9.85. The quantitative estimate of drug-likeness (QED) is 0.730. The first-order valence-electron chi connectivity index (χ1n) is 7.16. The van der Waals surface area contributed by atoms with E-state index in [0.717, 1.165) is 17.2 Å². The smallest absolute Gasteiger partial charge is 0.140 e. The first kappa shape index (κ1) is 14.1. The Kier molecular flexibility index (Phi) is 3.29. The van der Waals surface area contributed by atoms with Crippen LogP contribution in [0.5, 0.6) is 0 Å². The number of aromatic nitrogens is 2. The molecular weight excluding hydrogens is 278 g/mol. The van der Waals surface area contributed by atoms with Crippen molar-refractivity contribution < 1.29 is 0 Å². The van der Waals surface area contributed by atoms with E-state index in [4.69, 9.17) is 4.98 Å². The van der Waals surface area contributed by atoms with Gasteiger partial charge in [0.25, 0.3) is 0 Å². The molecule has 3 rings (SSSR count). The number of thiophene rings is 1. The number of anilines is 1. The normalized spacial score (nSPS) is 12.0. The van der Waals surface area contributed by atoms with Crippen molar-refractivity contribution in [2.24, 2.45) is 0 Å². The van der Waals surface area contributed by atoms with E-state index in [1.807, 2.05) is 0 Å². The van der Waals surface area contributed by atoms with Gasteiger partial charge in [-0.05, 0) is 63.3 Å². The molecule has 0 unspecified atom stereocenters. The molecule has 0 spiro atoms. The second-order valence-corrected chi connectivity index (χ2v) is 7.47. The van der Waals surface area contributed by atoms with Crippen molar-refractivity contribution in [3.8, 4) is 10.6 Å². The summed E-state index contributed by atoms with van der Waals surface area (Å²) in [6.45, 7) is 10.8. The van der Waals surface area contributed by atoms with E-state index in [0.29, 0.717) is 0 Å². The molecule has 4 heteroatoms. The van der Waals surface area contributed by atoms with Gasteiger partial charge in [-0.3, -0.25) is 4.40 Å². The predicted octanol–water partition coefficient (Wildman–Crippen LogP) is 4.89. The molecule has 21 heavy (non-hydrogen) atoms. The maximum atomic E-state index is 4.85. The van der Waals surface area contributed by atoms with Gasteiger partial charge in [-0.25, -0.2) is 4.98 Å². The van der Waals surface area contributed by atoms with Crippen molar-refractivity contribution in [3.05, 3.63) is 40.9 Å². The summed E-state index contributed by atoms with van der Waals surface area (Å²) in [4.78, 5) is 6.09.